The molecule has 3 aromatic rings. The summed E-state index contributed by atoms with van der Waals surface area (Å²) in [4.78, 5) is 24.7. The highest BCUT2D eigenvalue weighted by molar-refractivity contribution is 7.13. The average Bonchev–Trinajstić information content (AvgIpc) is 3.03. The largest absolute Gasteiger partial charge is 0.431 e. The Balaban J connectivity index is 2.06. The first-order valence-corrected chi connectivity index (χ1v) is 9.47. The van der Waals surface area contributed by atoms with Gasteiger partial charge in [0.05, 0.1) is 22.7 Å². The fraction of sp³-hybridized carbons (Fsp3) is 0.353. The minimum atomic E-state index is -4.80. The lowest BCUT2D eigenvalue weighted by molar-refractivity contribution is -0.144. The van der Waals surface area contributed by atoms with Gasteiger partial charge in [0.2, 0.25) is 0 Å². The zero-order valence-electron chi connectivity index (χ0n) is 14.6. The molecule has 0 aliphatic heterocycles. The third-order valence-corrected chi connectivity index (χ3v) is 5.19. The molecular weight excluding hydrogens is 419 g/mol. The van der Waals surface area contributed by atoms with Gasteiger partial charge in [-0.3, -0.25) is 9.36 Å². The van der Waals surface area contributed by atoms with Crippen molar-refractivity contribution in [2.75, 3.05) is 12.5 Å². The Bertz CT molecular complexity index is 1120. The third kappa shape index (κ3) is 3.98. The smallest absolute Gasteiger partial charge is 0.375 e. The SMILES string of the molecule is Cn1c(C(F)(F)F)cc(=O)n(-c2ccc3snc(COCCCCl)c3c2)c1=O. The van der Waals surface area contributed by atoms with Crippen molar-refractivity contribution in [1.82, 2.24) is 13.5 Å². The highest BCUT2D eigenvalue weighted by Crippen LogP contribution is 2.28. The van der Waals surface area contributed by atoms with Crippen molar-refractivity contribution >= 4 is 33.2 Å². The molecular formula is C17H15ClF3N3O3S. The highest BCUT2D eigenvalue weighted by atomic mass is 35.5. The van der Waals surface area contributed by atoms with Gasteiger partial charge >= 0.3 is 11.9 Å². The molecule has 28 heavy (non-hydrogen) atoms. The summed E-state index contributed by atoms with van der Waals surface area (Å²) in [7, 11) is 0.974. The Morgan fingerprint density at radius 3 is 2.68 bits per heavy atom. The molecule has 0 amide bonds. The molecule has 0 aliphatic carbocycles. The van der Waals surface area contributed by atoms with Crippen LogP contribution in [0.3, 0.4) is 0 Å². The van der Waals surface area contributed by atoms with Crippen molar-refractivity contribution in [3.8, 4) is 5.69 Å². The van der Waals surface area contributed by atoms with Crippen LogP contribution < -0.4 is 11.2 Å². The second kappa shape index (κ2) is 8.06. The number of nitrogens with zero attached hydrogens (tertiary/aromatic N) is 3. The summed E-state index contributed by atoms with van der Waals surface area (Å²) in [5, 5.41) is 0.669. The molecule has 6 nitrogen and oxygen atoms in total. The van der Waals surface area contributed by atoms with E-state index >= 15 is 0 Å². The summed E-state index contributed by atoms with van der Waals surface area (Å²) in [5.74, 6) is 0.474. The lowest BCUT2D eigenvalue weighted by Gasteiger charge is -2.14. The zero-order chi connectivity index (χ0) is 20.5. The van der Waals surface area contributed by atoms with E-state index < -0.39 is 23.1 Å². The summed E-state index contributed by atoms with van der Waals surface area (Å²) in [6, 6.07) is 5.12. The predicted octanol–water partition coefficient (Wildman–Crippen LogP) is 3.31. The Hall–Kier alpha value is -2.17. The molecule has 3 rings (SSSR count). The number of benzene rings is 1. The van der Waals surface area contributed by atoms with E-state index in [0.29, 0.717) is 45.2 Å². The van der Waals surface area contributed by atoms with Crippen molar-refractivity contribution in [2.45, 2.75) is 19.2 Å². The van der Waals surface area contributed by atoms with Crippen molar-refractivity contribution in [3.63, 3.8) is 0 Å². The van der Waals surface area contributed by atoms with E-state index in [2.05, 4.69) is 4.37 Å². The molecule has 0 unspecified atom stereocenters. The molecule has 0 saturated heterocycles. The minimum absolute atomic E-state index is 0.161. The summed E-state index contributed by atoms with van der Waals surface area (Å²) < 4.78 is 50.7. The Kier molecular flexibility index (Phi) is 5.92. The second-order valence-electron chi connectivity index (χ2n) is 5.95. The number of aromatic nitrogens is 3. The Labute approximate surface area is 165 Å². The first kappa shape index (κ1) is 20.6. The zero-order valence-corrected chi connectivity index (χ0v) is 16.2. The molecule has 0 aliphatic rings. The summed E-state index contributed by atoms with van der Waals surface area (Å²) >= 11 is 6.82. The van der Waals surface area contributed by atoms with Gasteiger partial charge in [0.15, 0.2) is 0 Å². The molecule has 0 radical (unpaired) electrons. The van der Waals surface area contributed by atoms with E-state index in [0.717, 1.165) is 11.7 Å². The summed E-state index contributed by atoms with van der Waals surface area (Å²) in [6.45, 7) is 0.682. The molecule has 0 fully saturated rings. The molecule has 0 bridgehead atoms. The van der Waals surface area contributed by atoms with E-state index in [-0.39, 0.29) is 12.3 Å². The first-order valence-electron chi connectivity index (χ1n) is 8.16. The van der Waals surface area contributed by atoms with Crippen molar-refractivity contribution in [1.29, 1.82) is 0 Å². The molecule has 2 heterocycles. The number of ether oxygens (including phenoxy) is 1. The fourth-order valence-electron chi connectivity index (χ4n) is 2.68. The molecule has 11 heteroatoms. The van der Waals surface area contributed by atoms with E-state index in [9.17, 15) is 22.8 Å². The molecule has 1 aromatic carbocycles. The first-order chi connectivity index (χ1) is 13.2. The predicted molar refractivity (Wildman–Crippen MR) is 100 cm³/mol. The number of alkyl halides is 4. The van der Waals surface area contributed by atoms with Crippen LogP contribution in [0, 0.1) is 0 Å². The van der Waals surface area contributed by atoms with Crippen LogP contribution >= 0.6 is 23.1 Å². The fourth-order valence-corrected chi connectivity index (χ4v) is 3.55. The number of hydrogen-bond acceptors (Lipinski definition) is 5. The Morgan fingerprint density at radius 2 is 2.00 bits per heavy atom. The van der Waals surface area contributed by atoms with E-state index in [1.807, 2.05) is 0 Å². The van der Waals surface area contributed by atoms with Gasteiger partial charge < -0.3 is 4.74 Å². The molecule has 0 atom stereocenters. The number of hydrogen-bond donors (Lipinski definition) is 0. The van der Waals surface area contributed by atoms with Crippen LogP contribution in [0.5, 0.6) is 0 Å². The van der Waals surface area contributed by atoms with Gasteiger partial charge in [-0.05, 0) is 36.2 Å². The summed E-state index contributed by atoms with van der Waals surface area (Å²) in [5.41, 5.74) is -2.66. The monoisotopic (exact) mass is 433 g/mol. The van der Waals surface area contributed by atoms with Gasteiger partial charge in [0.25, 0.3) is 5.56 Å². The van der Waals surface area contributed by atoms with E-state index in [1.165, 1.54) is 17.6 Å². The molecule has 0 N–H and O–H groups in total. The number of rotatable bonds is 6. The third-order valence-electron chi connectivity index (χ3n) is 4.06. The molecule has 0 saturated carbocycles. The number of fused-ring (bicyclic) bond motifs is 1. The minimum Gasteiger partial charge on any atom is -0.375 e. The summed E-state index contributed by atoms with van der Waals surface area (Å²) in [6.07, 6.45) is -4.12. The van der Waals surface area contributed by atoms with Crippen LogP contribution in [0.1, 0.15) is 17.8 Å². The van der Waals surface area contributed by atoms with Crippen LogP contribution in [0.25, 0.3) is 15.8 Å². The van der Waals surface area contributed by atoms with Crippen LogP contribution in [0.4, 0.5) is 13.2 Å². The van der Waals surface area contributed by atoms with E-state index in [4.69, 9.17) is 16.3 Å². The molecule has 0 spiro atoms. The van der Waals surface area contributed by atoms with Gasteiger partial charge in [-0.2, -0.15) is 17.5 Å². The number of halogens is 4. The van der Waals surface area contributed by atoms with Gasteiger partial charge in [0.1, 0.15) is 5.69 Å². The lowest BCUT2D eigenvalue weighted by Crippen LogP contribution is -2.40. The van der Waals surface area contributed by atoms with Gasteiger partial charge in [-0.15, -0.1) is 11.6 Å². The van der Waals surface area contributed by atoms with Crippen LogP contribution in [0.15, 0.2) is 33.9 Å². The highest BCUT2D eigenvalue weighted by Gasteiger charge is 2.35. The van der Waals surface area contributed by atoms with Crippen molar-refractivity contribution < 1.29 is 17.9 Å². The maximum absolute atomic E-state index is 13.0. The lowest BCUT2D eigenvalue weighted by atomic mass is 10.2. The quantitative estimate of drug-likeness (QED) is 0.442. The van der Waals surface area contributed by atoms with Gasteiger partial charge in [-0.25, -0.2) is 9.36 Å². The van der Waals surface area contributed by atoms with Gasteiger partial charge in [0, 0.05) is 31.0 Å². The molecule has 2 aromatic heterocycles. The normalized spacial score (nSPS) is 12.0. The average molecular weight is 434 g/mol. The standard InChI is InChI=1S/C17H15ClF3N3O3S/c1-23-14(17(19,20)21)8-15(25)24(16(23)26)10-3-4-13-11(7-10)12(22-28-13)9-27-6-2-5-18/h3-4,7-8H,2,5-6,9H2,1H3. The van der Waals surface area contributed by atoms with Crippen LogP contribution in [-0.4, -0.2) is 26.0 Å². The second-order valence-corrected chi connectivity index (χ2v) is 7.13. The van der Waals surface area contributed by atoms with Gasteiger partial charge in [-0.1, -0.05) is 0 Å². The van der Waals surface area contributed by atoms with Crippen LogP contribution in [0.2, 0.25) is 0 Å². The van der Waals surface area contributed by atoms with Crippen molar-refractivity contribution in [3.05, 3.63) is 56.5 Å². The Morgan fingerprint density at radius 1 is 1.25 bits per heavy atom. The maximum Gasteiger partial charge on any atom is 0.431 e. The molecule has 150 valence electrons. The van der Waals surface area contributed by atoms with Crippen molar-refractivity contribution in [2.24, 2.45) is 7.05 Å². The maximum atomic E-state index is 13.0. The topological polar surface area (TPSA) is 66.1 Å². The van der Waals surface area contributed by atoms with E-state index in [1.54, 1.807) is 12.1 Å². The van der Waals surface area contributed by atoms with Crippen LogP contribution in [-0.2, 0) is 24.6 Å².